The average Bonchev–Trinajstić information content (AvgIpc) is 3.64. The lowest BCUT2D eigenvalue weighted by atomic mass is 10.2. The summed E-state index contributed by atoms with van der Waals surface area (Å²) in [4.78, 5) is 21.0. The van der Waals surface area contributed by atoms with E-state index in [-0.39, 0.29) is 5.91 Å². The van der Waals surface area contributed by atoms with Gasteiger partial charge in [0.2, 0.25) is 11.9 Å². The van der Waals surface area contributed by atoms with Gasteiger partial charge in [0.1, 0.15) is 18.7 Å². The Balaban J connectivity index is 1.68. The Morgan fingerprint density at radius 3 is 2.59 bits per heavy atom. The molecule has 3 aromatic rings. The Hall–Kier alpha value is -3.64. The van der Waals surface area contributed by atoms with Gasteiger partial charge in [-0.3, -0.25) is 4.79 Å². The molecule has 0 saturated heterocycles. The SMILES string of the molecule is C=CC(=O)Nc1ccc(OC)c(Nc2ncc(C3CC3)c(Nc3ccccc3P(C)(C)=O)n2)c1. The van der Waals surface area contributed by atoms with E-state index in [1.807, 2.05) is 30.5 Å². The van der Waals surface area contributed by atoms with Gasteiger partial charge in [-0.2, -0.15) is 4.98 Å². The molecule has 1 aromatic heterocycles. The van der Waals surface area contributed by atoms with Crippen molar-refractivity contribution in [2.45, 2.75) is 18.8 Å². The minimum atomic E-state index is -2.49. The highest BCUT2D eigenvalue weighted by atomic mass is 31.2. The molecule has 0 unspecified atom stereocenters. The first-order valence-corrected chi connectivity index (χ1v) is 13.6. The maximum absolute atomic E-state index is 12.8. The summed E-state index contributed by atoms with van der Waals surface area (Å²) in [5, 5.41) is 10.1. The number of amides is 1. The maximum atomic E-state index is 12.8. The smallest absolute Gasteiger partial charge is 0.247 e. The minimum Gasteiger partial charge on any atom is -0.495 e. The summed E-state index contributed by atoms with van der Waals surface area (Å²) in [7, 11) is -0.926. The number of anilines is 5. The standard InChI is InChI=1S/C25H28N5O3P/c1-5-23(31)27-17-12-13-21(33-2)20(14-17)29-25-26-15-18(16-10-11-16)24(30-25)28-19-8-6-7-9-22(19)34(3,4)32/h5-9,12-16H,1,10-11H2,2-4H3,(H,27,31)(H2,26,28,29,30). The third kappa shape index (κ3) is 5.46. The van der Waals surface area contributed by atoms with Gasteiger partial charge in [0, 0.05) is 22.8 Å². The number of carbonyl (C=O) groups is 1. The van der Waals surface area contributed by atoms with Gasteiger partial charge in [0.15, 0.2) is 0 Å². The predicted octanol–water partition coefficient (Wildman–Crippen LogP) is 5.22. The summed E-state index contributed by atoms with van der Waals surface area (Å²) < 4.78 is 18.3. The number of ether oxygens (including phenoxy) is 1. The van der Waals surface area contributed by atoms with Crippen molar-refractivity contribution in [3.05, 3.63) is 66.9 Å². The number of benzene rings is 2. The van der Waals surface area contributed by atoms with E-state index in [0.29, 0.717) is 34.8 Å². The summed E-state index contributed by atoms with van der Waals surface area (Å²) in [6.45, 7) is 6.99. The number of rotatable bonds is 9. The van der Waals surface area contributed by atoms with Gasteiger partial charge in [-0.25, -0.2) is 4.98 Å². The Kier molecular flexibility index (Phi) is 6.70. The van der Waals surface area contributed by atoms with Crippen molar-refractivity contribution in [3.63, 3.8) is 0 Å². The molecule has 0 aliphatic heterocycles. The molecular formula is C25H28N5O3P. The highest BCUT2D eigenvalue weighted by molar-refractivity contribution is 7.70. The van der Waals surface area contributed by atoms with Gasteiger partial charge in [-0.1, -0.05) is 18.7 Å². The van der Waals surface area contributed by atoms with Crippen molar-refractivity contribution in [2.75, 3.05) is 36.4 Å². The summed E-state index contributed by atoms with van der Waals surface area (Å²) >= 11 is 0. The van der Waals surface area contributed by atoms with E-state index in [1.165, 1.54) is 6.08 Å². The second-order valence-electron chi connectivity index (χ2n) is 8.50. The molecule has 2 aromatic carbocycles. The van der Waals surface area contributed by atoms with E-state index in [4.69, 9.17) is 9.72 Å². The third-order valence-corrected chi connectivity index (χ3v) is 7.02. The number of nitrogens with one attached hydrogen (secondary N) is 3. The zero-order valence-corrected chi connectivity index (χ0v) is 20.4. The molecule has 3 N–H and O–H groups in total. The number of methoxy groups -OCH3 is 1. The monoisotopic (exact) mass is 477 g/mol. The van der Waals surface area contributed by atoms with Crippen molar-refractivity contribution in [1.29, 1.82) is 0 Å². The van der Waals surface area contributed by atoms with E-state index in [1.54, 1.807) is 38.6 Å². The van der Waals surface area contributed by atoms with E-state index in [9.17, 15) is 9.36 Å². The average molecular weight is 478 g/mol. The first kappa shape index (κ1) is 23.5. The molecule has 1 amide bonds. The van der Waals surface area contributed by atoms with Crippen LogP contribution < -0.4 is 26.0 Å². The lowest BCUT2D eigenvalue weighted by Crippen LogP contribution is -2.12. The van der Waals surface area contributed by atoms with Crippen molar-refractivity contribution in [3.8, 4) is 5.75 Å². The highest BCUT2D eigenvalue weighted by Gasteiger charge is 2.28. The van der Waals surface area contributed by atoms with Gasteiger partial charge in [-0.15, -0.1) is 0 Å². The molecule has 0 bridgehead atoms. The van der Waals surface area contributed by atoms with Gasteiger partial charge in [0.25, 0.3) is 0 Å². The Morgan fingerprint density at radius 2 is 1.91 bits per heavy atom. The number of nitrogens with zero attached hydrogens (tertiary/aromatic N) is 2. The first-order chi connectivity index (χ1) is 16.3. The fraction of sp³-hybridized carbons (Fsp3) is 0.240. The molecule has 9 heteroatoms. The molecule has 1 heterocycles. The molecular weight excluding hydrogens is 449 g/mol. The van der Waals surface area contributed by atoms with E-state index in [0.717, 1.165) is 29.4 Å². The Labute approximate surface area is 199 Å². The number of hydrogen-bond donors (Lipinski definition) is 3. The molecule has 0 atom stereocenters. The van der Waals surface area contributed by atoms with Crippen LogP contribution in [0.3, 0.4) is 0 Å². The second-order valence-corrected chi connectivity index (χ2v) is 11.7. The van der Waals surface area contributed by atoms with Gasteiger partial charge >= 0.3 is 0 Å². The number of hydrogen-bond acceptors (Lipinski definition) is 7. The van der Waals surface area contributed by atoms with Crippen molar-refractivity contribution < 1.29 is 14.1 Å². The molecule has 1 aliphatic rings. The van der Waals surface area contributed by atoms with Gasteiger partial charge in [0.05, 0.1) is 18.5 Å². The first-order valence-electron chi connectivity index (χ1n) is 11.0. The molecule has 34 heavy (non-hydrogen) atoms. The van der Waals surface area contributed by atoms with E-state index < -0.39 is 7.14 Å². The molecule has 8 nitrogen and oxygen atoms in total. The van der Waals surface area contributed by atoms with Crippen LogP contribution in [0, 0.1) is 0 Å². The fourth-order valence-electron chi connectivity index (χ4n) is 3.62. The van der Waals surface area contributed by atoms with E-state index >= 15 is 0 Å². The van der Waals surface area contributed by atoms with Crippen molar-refractivity contribution >= 4 is 47.2 Å². The minimum absolute atomic E-state index is 0.310. The molecule has 4 rings (SSSR count). The van der Waals surface area contributed by atoms with Crippen LogP contribution in [0.15, 0.2) is 61.3 Å². The Morgan fingerprint density at radius 1 is 1.15 bits per heavy atom. The Bertz CT molecular complexity index is 1280. The van der Waals surface area contributed by atoms with Crippen LogP contribution in [0.2, 0.25) is 0 Å². The van der Waals surface area contributed by atoms with Crippen LogP contribution in [0.5, 0.6) is 5.75 Å². The second kappa shape index (κ2) is 9.69. The van der Waals surface area contributed by atoms with Crippen LogP contribution >= 0.6 is 7.14 Å². The highest BCUT2D eigenvalue weighted by Crippen LogP contribution is 2.44. The topological polar surface area (TPSA) is 105 Å². The van der Waals surface area contributed by atoms with Gasteiger partial charge in [-0.05, 0) is 68.5 Å². The zero-order valence-electron chi connectivity index (χ0n) is 19.5. The number of carbonyl (C=O) groups excluding carboxylic acids is 1. The lowest BCUT2D eigenvalue weighted by molar-refractivity contribution is -0.111. The molecule has 0 radical (unpaired) electrons. The van der Waals surface area contributed by atoms with Crippen LogP contribution in [0.1, 0.15) is 24.3 Å². The summed E-state index contributed by atoms with van der Waals surface area (Å²) in [6, 6.07) is 12.8. The summed E-state index contributed by atoms with van der Waals surface area (Å²) in [6.07, 6.45) is 5.21. The van der Waals surface area contributed by atoms with Crippen LogP contribution in [-0.2, 0) is 9.36 Å². The molecule has 1 aliphatic carbocycles. The van der Waals surface area contributed by atoms with Crippen LogP contribution in [0.4, 0.5) is 28.8 Å². The van der Waals surface area contributed by atoms with Crippen molar-refractivity contribution in [1.82, 2.24) is 9.97 Å². The number of para-hydroxylation sites is 1. The fourth-order valence-corrected chi connectivity index (χ4v) is 4.77. The molecule has 1 saturated carbocycles. The van der Waals surface area contributed by atoms with Crippen LogP contribution in [-0.4, -0.2) is 36.3 Å². The van der Waals surface area contributed by atoms with Crippen molar-refractivity contribution in [2.24, 2.45) is 0 Å². The van der Waals surface area contributed by atoms with Crippen LogP contribution in [0.25, 0.3) is 0 Å². The number of aromatic nitrogens is 2. The largest absolute Gasteiger partial charge is 0.495 e. The lowest BCUT2D eigenvalue weighted by Gasteiger charge is -2.18. The third-order valence-electron chi connectivity index (χ3n) is 5.47. The van der Waals surface area contributed by atoms with Gasteiger partial charge < -0.3 is 25.3 Å². The van der Waals surface area contributed by atoms with E-state index in [2.05, 4.69) is 27.5 Å². The maximum Gasteiger partial charge on any atom is 0.247 e. The molecule has 176 valence electrons. The quantitative estimate of drug-likeness (QED) is 0.287. The summed E-state index contributed by atoms with van der Waals surface area (Å²) in [5.41, 5.74) is 2.98. The summed E-state index contributed by atoms with van der Waals surface area (Å²) in [5.74, 6) is 1.72. The zero-order chi connectivity index (χ0) is 24.3. The molecule has 0 spiro atoms. The normalized spacial score (nSPS) is 13.1. The molecule has 1 fully saturated rings. The predicted molar refractivity (Wildman–Crippen MR) is 138 cm³/mol.